The van der Waals surface area contributed by atoms with Gasteiger partial charge in [0.1, 0.15) is 17.5 Å². The Hall–Kier alpha value is -3.35. The molecule has 0 heterocycles. The molecule has 0 fully saturated rings. The van der Waals surface area contributed by atoms with Crippen LogP contribution < -0.4 is 20.2 Å². The molecule has 1 atom stereocenters. The van der Waals surface area contributed by atoms with Gasteiger partial charge in [-0.05, 0) is 50.2 Å². The third kappa shape index (κ3) is 5.85. The molecule has 0 aliphatic heterocycles. The number of amides is 2. The molecule has 0 aromatic heterocycles. The van der Waals surface area contributed by atoms with E-state index in [0.29, 0.717) is 23.7 Å². The maximum Gasteiger partial charge on any atom is 0.262 e. The van der Waals surface area contributed by atoms with Gasteiger partial charge in [-0.15, -0.1) is 0 Å². The van der Waals surface area contributed by atoms with Crippen LogP contribution in [0.15, 0.2) is 53.6 Å². The number of ether oxygens (including phenoxy) is 2. The van der Waals surface area contributed by atoms with Crippen LogP contribution in [-0.4, -0.2) is 37.8 Å². The van der Waals surface area contributed by atoms with Crippen LogP contribution in [0.25, 0.3) is 0 Å². The molecule has 0 aliphatic carbocycles. The van der Waals surface area contributed by atoms with Crippen molar-refractivity contribution in [2.45, 2.75) is 19.9 Å². The highest BCUT2D eigenvalue weighted by Crippen LogP contribution is 2.15. The monoisotopic (exact) mass is 369 g/mol. The van der Waals surface area contributed by atoms with E-state index in [1.54, 1.807) is 38.3 Å². The van der Waals surface area contributed by atoms with E-state index < -0.39 is 11.9 Å². The number of methoxy groups -OCH3 is 1. The number of carbonyl (C=O) groups excluding carboxylic acids is 2. The molecule has 0 saturated heterocycles. The van der Waals surface area contributed by atoms with Gasteiger partial charge in [-0.1, -0.05) is 12.1 Å². The first-order valence-corrected chi connectivity index (χ1v) is 8.54. The molecule has 1 unspecified atom stereocenters. The third-order valence-corrected chi connectivity index (χ3v) is 3.69. The van der Waals surface area contributed by atoms with Gasteiger partial charge in [0.25, 0.3) is 11.8 Å². The van der Waals surface area contributed by atoms with Gasteiger partial charge in [0.15, 0.2) is 0 Å². The molecule has 0 saturated carbocycles. The van der Waals surface area contributed by atoms with Crippen molar-refractivity contribution in [3.05, 3.63) is 59.7 Å². The molecule has 2 rings (SSSR count). The zero-order chi connectivity index (χ0) is 19.6. The molecule has 0 spiro atoms. The minimum atomic E-state index is -0.751. The number of nitrogens with one attached hydrogen (secondary N) is 2. The largest absolute Gasteiger partial charge is 0.497 e. The average molecular weight is 369 g/mol. The van der Waals surface area contributed by atoms with Gasteiger partial charge in [-0.2, -0.15) is 5.10 Å². The number of benzene rings is 2. The fourth-order valence-electron chi connectivity index (χ4n) is 2.22. The van der Waals surface area contributed by atoms with Gasteiger partial charge < -0.3 is 14.8 Å². The minimum Gasteiger partial charge on any atom is -0.497 e. The summed E-state index contributed by atoms with van der Waals surface area (Å²) >= 11 is 0. The number of carbonyl (C=O) groups is 2. The first-order valence-electron chi connectivity index (χ1n) is 8.54. The molecule has 2 N–H and O–H groups in total. The van der Waals surface area contributed by atoms with Crippen molar-refractivity contribution in [3.8, 4) is 11.5 Å². The molecule has 27 heavy (non-hydrogen) atoms. The topological polar surface area (TPSA) is 89.0 Å². The summed E-state index contributed by atoms with van der Waals surface area (Å²) in [6.07, 6.45) is 1.50. The zero-order valence-electron chi connectivity index (χ0n) is 15.6. The molecular formula is C20H23N3O4. The van der Waals surface area contributed by atoms with Crippen LogP contribution in [-0.2, 0) is 4.79 Å². The van der Waals surface area contributed by atoms with Crippen LogP contribution in [0, 0.1) is 0 Å². The molecule has 0 radical (unpaired) electrons. The smallest absolute Gasteiger partial charge is 0.262 e. The summed E-state index contributed by atoms with van der Waals surface area (Å²) in [5.41, 5.74) is 3.60. The van der Waals surface area contributed by atoms with Crippen LogP contribution in [0.1, 0.15) is 29.8 Å². The first kappa shape index (κ1) is 20.0. The van der Waals surface area contributed by atoms with E-state index in [-0.39, 0.29) is 5.91 Å². The molecule has 142 valence electrons. The lowest BCUT2D eigenvalue weighted by Gasteiger charge is -2.12. The number of para-hydroxylation sites is 1. The second-order valence-corrected chi connectivity index (χ2v) is 5.63. The van der Waals surface area contributed by atoms with Crippen molar-refractivity contribution in [2.24, 2.45) is 5.10 Å². The molecule has 2 aromatic carbocycles. The SMILES string of the molecule is CCOc1ccccc1C=NNC(=O)C(C)NC(=O)c1ccc(OC)cc1. The van der Waals surface area contributed by atoms with Crippen LogP contribution in [0.5, 0.6) is 11.5 Å². The highest BCUT2D eigenvalue weighted by atomic mass is 16.5. The van der Waals surface area contributed by atoms with Crippen molar-refractivity contribution >= 4 is 18.0 Å². The molecule has 2 aromatic rings. The van der Waals surface area contributed by atoms with Crippen molar-refractivity contribution < 1.29 is 19.1 Å². The molecule has 7 heteroatoms. The van der Waals surface area contributed by atoms with E-state index in [9.17, 15) is 9.59 Å². The van der Waals surface area contributed by atoms with Gasteiger partial charge >= 0.3 is 0 Å². The Morgan fingerprint density at radius 2 is 1.85 bits per heavy atom. The third-order valence-electron chi connectivity index (χ3n) is 3.69. The average Bonchev–Trinajstić information content (AvgIpc) is 2.69. The lowest BCUT2D eigenvalue weighted by molar-refractivity contribution is -0.122. The Morgan fingerprint density at radius 3 is 2.52 bits per heavy atom. The Morgan fingerprint density at radius 1 is 1.15 bits per heavy atom. The lowest BCUT2D eigenvalue weighted by Crippen LogP contribution is -2.43. The number of hydrogen-bond donors (Lipinski definition) is 2. The minimum absolute atomic E-state index is 0.356. The molecule has 0 bridgehead atoms. The van der Waals surface area contributed by atoms with Crippen molar-refractivity contribution in [1.82, 2.24) is 10.7 Å². The fourth-order valence-corrected chi connectivity index (χ4v) is 2.22. The quantitative estimate of drug-likeness (QED) is 0.552. The Kier molecular flexibility index (Phi) is 7.37. The highest BCUT2D eigenvalue weighted by molar-refractivity contribution is 5.97. The van der Waals surface area contributed by atoms with Crippen molar-refractivity contribution in [3.63, 3.8) is 0 Å². The van der Waals surface area contributed by atoms with E-state index in [2.05, 4.69) is 15.8 Å². The van der Waals surface area contributed by atoms with Crippen molar-refractivity contribution in [1.29, 1.82) is 0 Å². The predicted molar refractivity (Wildman–Crippen MR) is 103 cm³/mol. The van der Waals surface area contributed by atoms with Crippen molar-refractivity contribution in [2.75, 3.05) is 13.7 Å². The maximum absolute atomic E-state index is 12.2. The van der Waals surface area contributed by atoms with E-state index in [1.807, 2.05) is 31.2 Å². The number of nitrogens with zero attached hydrogens (tertiary/aromatic N) is 1. The Bertz CT molecular complexity index is 803. The van der Waals surface area contributed by atoms with E-state index in [1.165, 1.54) is 6.21 Å². The summed E-state index contributed by atoms with van der Waals surface area (Å²) in [7, 11) is 1.55. The van der Waals surface area contributed by atoms with E-state index in [0.717, 1.165) is 5.56 Å². The van der Waals surface area contributed by atoms with Gasteiger partial charge in [0.2, 0.25) is 0 Å². The molecule has 7 nitrogen and oxygen atoms in total. The fraction of sp³-hybridized carbons (Fsp3) is 0.250. The van der Waals surface area contributed by atoms with Gasteiger partial charge in [0.05, 0.1) is 19.9 Å². The second kappa shape index (κ2) is 9.96. The Labute approximate surface area is 158 Å². The summed E-state index contributed by atoms with van der Waals surface area (Å²) in [6, 6.07) is 13.2. The summed E-state index contributed by atoms with van der Waals surface area (Å²) in [4.78, 5) is 24.3. The van der Waals surface area contributed by atoms with Crippen LogP contribution in [0.4, 0.5) is 0 Å². The predicted octanol–water partition coefficient (Wildman–Crippen LogP) is 2.36. The van der Waals surface area contributed by atoms with Gasteiger partial charge in [-0.25, -0.2) is 5.43 Å². The molecule has 2 amide bonds. The van der Waals surface area contributed by atoms with Gasteiger partial charge in [-0.3, -0.25) is 9.59 Å². The lowest BCUT2D eigenvalue weighted by atomic mass is 10.2. The second-order valence-electron chi connectivity index (χ2n) is 5.63. The Balaban J connectivity index is 1.90. The zero-order valence-corrected chi connectivity index (χ0v) is 15.6. The van der Waals surface area contributed by atoms with Crippen LogP contribution >= 0.6 is 0 Å². The maximum atomic E-state index is 12.2. The highest BCUT2D eigenvalue weighted by Gasteiger charge is 2.16. The normalized spacial score (nSPS) is 11.7. The standard InChI is InChI=1S/C20H23N3O4/c1-4-27-18-8-6-5-7-16(18)13-21-23-19(24)14(2)22-20(25)15-9-11-17(26-3)12-10-15/h5-14H,4H2,1-3H3,(H,22,25)(H,23,24). The van der Waals surface area contributed by atoms with Crippen LogP contribution in [0.3, 0.4) is 0 Å². The van der Waals surface area contributed by atoms with Gasteiger partial charge in [0, 0.05) is 11.1 Å². The van der Waals surface area contributed by atoms with E-state index >= 15 is 0 Å². The summed E-state index contributed by atoms with van der Waals surface area (Å²) < 4.78 is 10.5. The summed E-state index contributed by atoms with van der Waals surface area (Å²) in [5, 5.41) is 6.56. The molecular weight excluding hydrogens is 346 g/mol. The first-order chi connectivity index (χ1) is 13.0. The van der Waals surface area contributed by atoms with E-state index in [4.69, 9.17) is 9.47 Å². The number of rotatable bonds is 8. The summed E-state index contributed by atoms with van der Waals surface area (Å²) in [6.45, 7) is 4.01. The summed E-state index contributed by atoms with van der Waals surface area (Å²) in [5.74, 6) is 0.547. The van der Waals surface area contributed by atoms with Crippen LogP contribution in [0.2, 0.25) is 0 Å². The number of hydrogen-bond acceptors (Lipinski definition) is 5. The molecule has 0 aliphatic rings. The number of hydrazone groups is 1.